The average Bonchev–Trinajstić information content (AvgIpc) is 3.01. The highest BCUT2D eigenvalue weighted by Gasteiger charge is 2.27. The van der Waals surface area contributed by atoms with E-state index in [-0.39, 0.29) is 4.90 Å². The molecule has 0 aliphatic rings. The molecular formula is C14H17N3O5S. The second-order valence-corrected chi connectivity index (χ2v) is 6.45. The number of benzene rings is 1. The molecule has 2 N–H and O–H groups in total. The molecule has 2 aromatic rings. The molecule has 1 aromatic heterocycles. The van der Waals surface area contributed by atoms with Gasteiger partial charge in [-0.2, -0.15) is 9.82 Å². The Morgan fingerprint density at radius 1 is 1.39 bits per heavy atom. The zero-order chi connectivity index (χ0) is 16.9. The lowest BCUT2D eigenvalue weighted by Crippen LogP contribution is -2.33. The zero-order valence-electron chi connectivity index (χ0n) is 12.4. The van der Waals surface area contributed by atoms with E-state index in [2.05, 4.69) is 9.82 Å². The van der Waals surface area contributed by atoms with Crippen molar-refractivity contribution < 1.29 is 23.1 Å². The maximum absolute atomic E-state index is 12.3. The van der Waals surface area contributed by atoms with Crippen LogP contribution in [0.1, 0.15) is 11.6 Å². The van der Waals surface area contributed by atoms with Crippen molar-refractivity contribution in [2.45, 2.75) is 17.5 Å². The Morgan fingerprint density at radius 3 is 2.70 bits per heavy atom. The minimum absolute atomic E-state index is 0.101. The summed E-state index contributed by atoms with van der Waals surface area (Å²) in [7, 11) is -2.48. The number of ether oxygens (including phenoxy) is 1. The third-order valence-electron chi connectivity index (χ3n) is 3.10. The topological polar surface area (TPSA) is 111 Å². The number of carboxylic acids is 1. The Hall–Kier alpha value is -2.23. The van der Waals surface area contributed by atoms with Crippen molar-refractivity contribution in [3.8, 4) is 0 Å². The first-order valence-corrected chi connectivity index (χ1v) is 8.24. The molecule has 23 heavy (non-hydrogen) atoms. The van der Waals surface area contributed by atoms with E-state index >= 15 is 0 Å². The number of methoxy groups -OCH3 is 1. The smallest absolute Gasteiger partial charge is 0.326 e. The van der Waals surface area contributed by atoms with Gasteiger partial charge < -0.3 is 9.84 Å². The monoisotopic (exact) mass is 339 g/mol. The zero-order valence-corrected chi connectivity index (χ0v) is 13.2. The molecule has 0 radical (unpaired) electrons. The second kappa shape index (κ2) is 7.36. The van der Waals surface area contributed by atoms with Gasteiger partial charge in [0.15, 0.2) is 0 Å². The fourth-order valence-corrected chi connectivity index (χ4v) is 3.05. The van der Waals surface area contributed by atoms with Crippen LogP contribution < -0.4 is 4.72 Å². The number of carbonyl (C=O) groups is 1. The number of hydrogen-bond donors (Lipinski definition) is 2. The molecule has 0 saturated carbocycles. The number of aromatic nitrogens is 2. The molecule has 0 aliphatic heterocycles. The quantitative estimate of drug-likeness (QED) is 0.730. The normalized spacial score (nSPS) is 12.9. The Bertz CT molecular complexity index is 758. The van der Waals surface area contributed by atoms with Crippen LogP contribution in [0.5, 0.6) is 0 Å². The molecule has 0 amide bonds. The summed E-state index contributed by atoms with van der Waals surface area (Å²) < 4.78 is 33.2. The summed E-state index contributed by atoms with van der Waals surface area (Å²) in [5.41, 5.74) is 0.343. The van der Waals surface area contributed by atoms with Crippen molar-refractivity contribution in [1.82, 2.24) is 14.5 Å². The molecule has 2 rings (SSSR count). The van der Waals surface area contributed by atoms with Crippen molar-refractivity contribution >= 4 is 16.0 Å². The van der Waals surface area contributed by atoms with E-state index in [1.807, 2.05) is 0 Å². The summed E-state index contributed by atoms with van der Waals surface area (Å²) >= 11 is 0. The van der Waals surface area contributed by atoms with Gasteiger partial charge >= 0.3 is 5.97 Å². The van der Waals surface area contributed by atoms with Crippen molar-refractivity contribution in [2.75, 3.05) is 13.7 Å². The van der Waals surface area contributed by atoms with Gasteiger partial charge in [0.1, 0.15) is 10.9 Å². The van der Waals surface area contributed by atoms with Gasteiger partial charge in [-0.15, -0.1) is 0 Å². The summed E-state index contributed by atoms with van der Waals surface area (Å²) in [6.07, 6.45) is 2.49. The standard InChI is InChI=1S/C14H17N3O5S/c1-22-8-7-17-10-12(9-15-17)23(20,21)16-13(14(18)19)11-5-3-2-4-6-11/h2-6,9-10,13,16H,7-8H2,1H3,(H,18,19)/t13-/m0/s1. The molecule has 0 saturated heterocycles. The molecule has 0 aliphatic carbocycles. The molecule has 1 aromatic carbocycles. The summed E-state index contributed by atoms with van der Waals surface area (Å²) in [5.74, 6) is -1.29. The van der Waals surface area contributed by atoms with Crippen LogP contribution in [-0.4, -0.2) is 43.0 Å². The maximum atomic E-state index is 12.3. The molecule has 0 spiro atoms. The van der Waals surface area contributed by atoms with Crippen molar-refractivity contribution in [3.05, 3.63) is 48.3 Å². The molecule has 124 valence electrons. The number of hydrogen-bond acceptors (Lipinski definition) is 5. The van der Waals surface area contributed by atoms with Gasteiger partial charge in [0, 0.05) is 13.3 Å². The fraction of sp³-hybridized carbons (Fsp3) is 0.286. The molecular weight excluding hydrogens is 322 g/mol. The highest BCUT2D eigenvalue weighted by molar-refractivity contribution is 7.89. The van der Waals surface area contributed by atoms with E-state index in [1.165, 1.54) is 24.2 Å². The van der Waals surface area contributed by atoms with Crippen LogP contribution in [0, 0.1) is 0 Å². The van der Waals surface area contributed by atoms with Crippen molar-refractivity contribution in [3.63, 3.8) is 0 Å². The molecule has 0 unspecified atom stereocenters. The van der Waals surface area contributed by atoms with Crippen LogP contribution in [0.3, 0.4) is 0 Å². The maximum Gasteiger partial charge on any atom is 0.326 e. The Labute approximate surface area is 133 Å². The first kappa shape index (κ1) is 17.1. The molecule has 1 atom stereocenters. The number of rotatable bonds is 8. The van der Waals surface area contributed by atoms with E-state index in [0.29, 0.717) is 18.7 Å². The number of sulfonamides is 1. The summed E-state index contributed by atoms with van der Waals surface area (Å²) in [4.78, 5) is 11.3. The fourth-order valence-electron chi connectivity index (χ4n) is 1.92. The van der Waals surface area contributed by atoms with Crippen LogP contribution >= 0.6 is 0 Å². The molecule has 1 heterocycles. The lowest BCUT2D eigenvalue weighted by Gasteiger charge is -2.14. The van der Waals surface area contributed by atoms with Gasteiger partial charge in [-0.1, -0.05) is 30.3 Å². The highest BCUT2D eigenvalue weighted by atomic mass is 32.2. The predicted octanol–water partition coefficient (Wildman–Crippen LogP) is 0.634. The van der Waals surface area contributed by atoms with E-state index in [1.54, 1.807) is 30.3 Å². The minimum Gasteiger partial charge on any atom is -0.480 e. The van der Waals surface area contributed by atoms with Gasteiger partial charge in [0.2, 0.25) is 10.0 Å². The van der Waals surface area contributed by atoms with E-state index in [9.17, 15) is 18.3 Å². The first-order valence-electron chi connectivity index (χ1n) is 6.75. The highest BCUT2D eigenvalue weighted by Crippen LogP contribution is 2.17. The summed E-state index contributed by atoms with van der Waals surface area (Å²) in [6.45, 7) is 0.781. The third-order valence-corrected chi connectivity index (χ3v) is 4.47. The Kier molecular flexibility index (Phi) is 5.48. The van der Waals surface area contributed by atoms with E-state index in [4.69, 9.17) is 4.74 Å². The number of nitrogens with one attached hydrogen (secondary N) is 1. The van der Waals surface area contributed by atoms with Gasteiger partial charge in [-0.25, -0.2) is 8.42 Å². The van der Waals surface area contributed by atoms with E-state index in [0.717, 1.165) is 0 Å². The van der Waals surface area contributed by atoms with Crippen LogP contribution in [0.15, 0.2) is 47.6 Å². The van der Waals surface area contributed by atoms with Crippen LogP contribution in [0.2, 0.25) is 0 Å². The molecule has 9 heteroatoms. The first-order chi connectivity index (χ1) is 10.9. The van der Waals surface area contributed by atoms with Crippen LogP contribution in [0.25, 0.3) is 0 Å². The number of aliphatic carboxylic acids is 1. The van der Waals surface area contributed by atoms with Crippen molar-refractivity contribution in [2.24, 2.45) is 0 Å². The number of carboxylic acid groups (broad SMARTS) is 1. The SMILES string of the molecule is COCCn1cc(S(=O)(=O)N[C@H](C(=O)O)c2ccccc2)cn1. The van der Waals surface area contributed by atoms with Crippen LogP contribution in [0.4, 0.5) is 0 Å². The van der Waals surface area contributed by atoms with E-state index < -0.39 is 22.0 Å². The lowest BCUT2D eigenvalue weighted by molar-refractivity contribution is -0.139. The molecule has 0 fully saturated rings. The van der Waals surface area contributed by atoms with Crippen LogP contribution in [-0.2, 0) is 26.1 Å². The van der Waals surface area contributed by atoms with Gasteiger partial charge in [-0.3, -0.25) is 9.48 Å². The Balaban J connectivity index is 2.21. The molecule has 0 bridgehead atoms. The largest absolute Gasteiger partial charge is 0.480 e. The van der Waals surface area contributed by atoms with Gasteiger partial charge in [0.25, 0.3) is 0 Å². The summed E-state index contributed by atoms with van der Waals surface area (Å²) in [5, 5.41) is 13.2. The van der Waals surface area contributed by atoms with Gasteiger partial charge in [0.05, 0.1) is 19.3 Å². The minimum atomic E-state index is -4.01. The predicted molar refractivity (Wildman–Crippen MR) is 81.2 cm³/mol. The lowest BCUT2D eigenvalue weighted by atomic mass is 10.1. The average molecular weight is 339 g/mol. The van der Waals surface area contributed by atoms with Gasteiger partial charge in [-0.05, 0) is 5.56 Å². The van der Waals surface area contributed by atoms with Crippen molar-refractivity contribution in [1.29, 1.82) is 0 Å². The third kappa shape index (κ3) is 4.38. The summed E-state index contributed by atoms with van der Waals surface area (Å²) in [6, 6.07) is 6.72. The second-order valence-electron chi connectivity index (χ2n) is 4.74. The Morgan fingerprint density at radius 2 is 2.09 bits per heavy atom. The number of nitrogens with zero attached hydrogens (tertiary/aromatic N) is 2. The molecule has 8 nitrogen and oxygen atoms in total.